The van der Waals surface area contributed by atoms with E-state index in [4.69, 9.17) is 50.1 Å². The monoisotopic (exact) mass is 503 g/mol. The number of aryl methyl sites for hydroxylation is 1. The SMILES string of the molecule is CC(=O)Nc1ccc(O)cc1.Cc1cc(=O)n(-c2ccccc2)n1C.OC(O)C(Cl)(Cl)Cl. The maximum absolute atomic E-state index is 11.6. The zero-order valence-corrected chi connectivity index (χ0v) is 19.8. The molecule has 11 heteroatoms. The van der Waals surface area contributed by atoms with Crippen LogP contribution in [0.2, 0.25) is 0 Å². The standard InChI is InChI=1S/C11H12N2O.C8H9NO2.C2H3Cl3O2/c1-9-8-11(14)13(12(9)2)10-6-4-3-5-7-10;1-6(10)9-7-2-4-8(11)5-3-7;3-2(4,5)1(6)7/h3-8H,1-2H3;2-5,11H,1H3,(H,9,10);1,6-7H. The van der Waals surface area contributed by atoms with Crippen LogP contribution in [0.4, 0.5) is 5.69 Å². The number of aliphatic hydroxyl groups excluding tert-OH is 1. The van der Waals surface area contributed by atoms with Gasteiger partial charge in [0.15, 0.2) is 6.29 Å². The summed E-state index contributed by atoms with van der Waals surface area (Å²) in [5.41, 5.74) is 2.55. The number of aliphatic hydroxyl groups is 2. The van der Waals surface area contributed by atoms with E-state index in [0.29, 0.717) is 5.69 Å². The summed E-state index contributed by atoms with van der Waals surface area (Å²) in [7, 11) is 1.88. The van der Waals surface area contributed by atoms with Crippen molar-refractivity contribution >= 4 is 46.4 Å². The predicted octanol–water partition coefficient (Wildman–Crippen LogP) is 3.50. The number of alkyl halides is 3. The molecule has 0 atom stereocenters. The Morgan fingerprint density at radius 3 is 1.91 bits per heavy atom. The van der Waals surface area contributed by atoms with Crippen LogP contribution in [-0.2, 0) is 11.8 Å². The lowest BCUT2D eigenvalue weighted by molar-refractivity contribution is -0.114. The molecule has 0 spiro atoms. The Kier molecular flexibility index (Phi) is 10.8. The molecule has 0 aliphatic heterocycles. The van der Waals surface area contributed by atoms with Crippen LogP contribution >= 0.6 is 34.8 Å². The molecule has 3 rings (SSSR count). The zero-order chi connectivity index (χ0) is 24.5. The summed E-state index contributed by atoms with van der Waals surface area (Å²) in [6.07, 6.45) is -1.91. The van der Waals surface area contributed by atoms with Gasteiger partial charge in [-0.1, -0.05) is 53.0 Å². The first-order valence-corrected chi connectivity index (χ1v) is 10.3. The molecule has 1 amide bonds. The Hall–Kier alpha value is -2.49. The number of benzene rings is 2. The second kappa shape index (κ2) is 12.5. The number of carbonyl (C=O) groups is 1. The molecule has 4 N–H and O–H groups in total. The van der Waals surface area contributed by atoms with Gasteiger partial charge in [0.25, 0.3) is 5.56 Å². The molecule has 174 valence electrons. The van der Waals surface area contributed by atoms with E-state index in [-0.39, 0.29) is 17.2 Å². The molecule has 1 heterocycles. The molecule has 0 unspecified atom stereocenters. The van der Waals surface area contributed by atoms with Crippen molar-refractivity contribution in [2.45, 2.75) is 23.9 Å². The van der Waals surface area contributed by atoms with E-state index >= 15 is 0 Å². The minimum absolute atomic E-state index is 0.0104. The van der Waals surface area contributed by atoms with Gasteiger partial charge in [0.2, 0.25) is 9.70 Å². The molecule has 0 aliphatic carbocycles. The van der Waals surface area contributed by atoms with Crippen LogP contribution in [0.3, 0.4) is 0 Å². The van der Waals surface area contributed by atoms with Crippen molar-refractivity contribution in [1.82, 2.24) is 9.36 Å². The molecule has 1 aromatic heterocycles. The number of nitrogens with one attached hydrogen (secondary N) is 1. The van der Waals surface area contributed by atoms with E-state index in [1.54, 1.807) is 22.9 Å². The van der Waals surface area contributed by atoms with Crippen molar-refractivity contribution < 1.29 is 20.1 Å². The van der Waals surface area contributed by atoms with Crippen molar-refractivity contribution in [3.8, 4) is 11.4 Å². The van der Waals surface area contributed by atoms with Gasteiger partial charge in [0.05, 0.1) is 5.69 Å². The number of rotatable bonds is 2. The van der Waals surface area contributed by atoms with Gasteiger partial charge in [-0.15, -0.1) is 0 Å². The lowest BCUT2D eigenvalue weighted by Crippen LogP contribution is -2.23. The highest BCUT2D eigenvalue weighted by atomic mass is 35.6. The number of aromatic hydroxyl groups is 1. The molecule has 2 aromatic carbocycles. The van der Waals surface area contributed by atoms with Crippen molar-refractivity contribution in [3.63, 3.8) is 0 Å². The second-order valence-corrected chi connectivity index (χ2v) is 8.81. The smallest absolute Gasteiger partial charge is 0.271 e. The number of amides is 1. The van der Waals surface area contributed by atoms with E-state index in [9.17, 15) is 9.59 Å². The number of hydrogen-bond acceptors (Lipinski definition) is 5. The van der Waals surface area contributed by atoms with E-state index in [1.165, 1.54) is 19.1 Å². The summed E-state index contributed by atoms with van der Waals surface area (Å²) in [6, 6.07) is 17.6. The molecule has 0 radical (unpaired) electrons. The molecule has 0 aliphatic rings. The van der Waals surface area contributed by atoms with E-state index in [0.717, 1.165) is 11.4 Å². The Labute approximate surface area is 200 Å². The van der Waals surface area contributed by atoms with Crippen LogP contribution in [0.1, 0.15) is 12.6 Å². The fourth-order valence-corrected chi connectivity index (χ4v) is 2.26. The average molecular weight is 505 g/mol. The summed E-state index contributed by atoms with van der Waals surface area (Å²) >= 11 is 14.7. The summed E-state index contributed by atoms with van der Waals surface area (Å²) < 4.78 is 1.52. The van der Waals surface area contributed by atoms with Gasteiger partial charge >= 0.3 is 0 Å². The number of halogens is 3. The highest BCUT2D eigenvalue weighted by Gasteiger charge is 2.28. The fraction of sp³-hybridized carbons (Fsp3) is 0.238. The van der Waals surface area contributed by atoms with Crippen LogP contribution in [0.5, 0.6) is 5.75 Å². The third kappa shape index (κ3) is 9.33. The molecular formula is C21H24Cl3N3O5. The maximum Gasteiger partial charge on any atom is 0.271 e. The molecule has 0 saturated heterocycles. The Morgan fingerprint density at radius 2 is 1.53 bits per heavy atom. The average Bonchev–Trinajstić information content (AvgIpc) is 2.96. The largest absolute Gasteiger partial charge is 0.508 e. The lowest BCUT2D eigenvalue weighted by atomic mass is 10.3. The normalized spacial score (nSPS) is 10.5. The van der Waals surface area contributed by atoms with Crippen LogP contribution in [0.25, 0.3) is 5.69 Å². The van der Waals surface area contributed by atoms with Crippen LogP contribution in [-0.4, -0.2) is 40.7 Å². The number of hydrogen-bond donors (Lipinski definition) is 4. The van der Waals surface area contributed by atoms with E-state index in [1.807, 2.05) is 49.0 Å². The molecule has 0 bridgehead atoms. The quantitative estimate of drug-likeness (QED) is 0.242. The summed E-state index contributed by atoms with van der Waals surface area (Å²) in [6.45, 7) is 3.35. The molecule has 0 saturated carbocycles. The van der Waals surface area contributed by atoms with Gasteiger partial charge in [0, 0.05) is 31.4 Å². The molecular weight excluding hydrogens is 481 g/mol. The van der Waals surface area contributed by atoms with E-state index in [2.05, 4.69) is 5.32 Å². The topological polar surface area (TPSA) is 117 Å². The zero-order valence-electron chi connectivity index (χ0n) is 17.5. The second-order valence-electron chi connectivity index (χ2n) is 6.44. The molecule has 32 heavy (non-hydrogen) atoms. The van der Waals surface area contributed by atoms with Crippen LogP contribution < -0.4 is 10.9 Å². The molecule has 3 aromatic rings. The Morgan fingerprint density at radius 1 is 1.03 bits per heavy atom. The van der Waals surface area contributed by atoms with Crippen molar-refractivity contribution in [2.75, 3.05) is 5.32 Å². The van der Waals surface area contributed by atoms with Gasteiger partial charge in [-0.3, -0.25) is 14.3 Å². The van der Waals surface area contributed by atoms with Crippen molar-refractivity contribution in [1.29, 1.82) is 0 Å². The Bertz CT molecular complexity index is 1040. The third-order valence-electron chi connectivity index (χ3n) is 3.83. The number of phenolic OH excluding ortho intramolecular Hbond substituents is 1. The lowest BCUT2D eigenvalue weighted by Gasteiger charge is -2.10. The van der Waals surface area contributed by atoms with Gasteiger partial charge in [-0.05, 0) is 43.3 Å². The fourth-order valence-electron chi connectivity index (χ4n) is 2.26. The minimum atomic E-state index is -1.97. The van der Waals surface area contributed by atoms with Gasteiger partial charge in [-0.25, -0.2) is 4.68 Å². The third-order valence-corrected chi connectivity index (χ3v) is 4.42. The number of carbonyl (C=O) groups excluding carboxylic acids is 1. The number of phenols is 1. The van der Waals surface area contributed by atoms with Gasteiger partial charge < -0.3 is 20.6 Å². The van der Waals surface area contributed by atoms with Gasteiger partial charge in [-0.2, -0.15) is 0 Å². The van der Waals surface area contributed by atoms with Gasteiger partial charge in [0.1, 0.15) is 5.75 Å². The Balaban J connectivity index is 0.000000256. The highest BCUT2D eigenvalue weighted by molar-refractivity contribution is 6.67. The number of nitrogens with zero attached hydrogens (tertiary/aromatic N) is 2. The predicted molar refractivity (Wildman–Crippen MR) is 127 cm³/mol. The number of aromatic nitrogens is 2. The minimum Gasteiger partial charge on any atom is -0.508 e. The van der Waals surface area contributed by atoms with Crippen LogP contribution in [0, 0.1) is 6.92 Å². The highest BCUT2D eigenvalue weighted by Crippen LogP contribution is 2.28. The van der Waals surface area contributed by atoms with E-state index < -0.39 is 10.1 Å². The van der Waals surface area contributed by atoms with Crippen molar-refractivity contribution in [2.24, 2.45) is 7.05 Å². The summed E-state index contributed by atoms with van der Waals surface area (Å²) in [5.74, 6) is 0.0785. The number of para-hydroxylation sites is 1. The maximum atomic E-state index is 11.6. The van der Waals surface area contributed by atoms with Crippen molar-refractivity contribution in [3.05, 3.63) is 76.7 Å². The first-order chi connectivity index (χ1) is 14.8. The summed E-state index contributed by atoms with van der Waals surface area (Å²) in [5, 5.41) is 27.6. The first-order valence-electron chi connectivity index (χ1n) is 9.13. The molecule has 0 fully saturated rings. The summed E-state index contributed by atoms with van der Waals surface area (Å²) in [4.78, 5) is 22.1. The number of anilines is 1. The van der Waals surface area contributed by atoms with Crippen LogP contribution in [0.15, 0.2) is 65.5 Å². The first kappa shape index (κ1) is 27.5. The molecule has 8 nitrogen and oxygen atoms in total.